The van der Waals surface area contributed by atoms with E-state index in [2.05, 4.69) is 20.8 Å². The third-order valence-corrected chi connectivity index (χ3v) is 6.11. The quantitative estimate of drug-likeness (QED) is 0.397. The Balaban J connectivity index is 1.73. The van der Waals surface area contributed by atoms with Crippen molar-refractivity contribution in [1.29, 1.82) is 0 Å². The van der Waals surface area contributed by atoms with Gasteiger partial charge in [-0.15, -0.1) is 0 Å². The van der Waals surface area contributed by atoms with Crippen molar-refractivity contribution in [2.45, 2.75) is 6.04 Å². The van der Waals surface area contributed by atoms with Gasteiger partial charge in [-0.3, -0.25) is 14.5 Å². The number of likely N-dealkylation sites (tertiary alicyclic amines) is 1. The van der Waals surface area contributed by atoms with Crippen LogP contribution in [-0.2, 0) is 14.3 Å². The average molecular weight is 489 g/mol. The van der Waals surface area contributed by atoms with Gasteiger partial charge in [0.15, 0.2) is 0 Å². The molecule has 0 aliphatic carbocycles. The Labute approximate surface area is 188 Å². The molecule has 0 saturated carbocycles. The van der Waals surface area contributed by atoms with Crippen LogP contribution in [0.5, 0.6) is 0 Å². The van der Waals surface area contributed by atoms with Gasteiger partial charge in [0.05, 0.1) is 24.8 Å². The first-order valence-electron chi connectivity index (χ1n) is 10.1. The van der Waals surface area contributed by atoms with Crippen LogP contribution in [0.15, 0.2) is 58.6 Å². The third-order valence-electron chi connectivity index (χ3n) is 5.58. The number of hydrogen-bond donors (Lipinski definition) is 1. The summed E-state index contributed by atoms with van der Waals surface area (Å²) in [5, 5.41) is 11.0. The van der Waals surface area contributed by atoms with E-state index in [4.69, 9.17) is 4.74 Å². The highest BCUT2D eigenvalue weighted by Gasteiger charge is 2.46. The highest BCUT2D eigenvalue weighted by atomic mass is 79.9. The second-order valence-corrected chi connectivity index (χ2v) is 8.42. The van der Waals surface area contributed by atoms with E-state index in [0.29, 0.717) is 30.9 Å². The first kappa shape index (κ1) is 21.7. The number of ether oxygens (including phenoxy) is 1. The van der Waals surface area contributed by atoms with E-state index in [1.807, 2.05) is 0 Å². The summed E-state index contributed by atoms with van der Waals surface area (Å²) in [4.78, 5) is 29.5. The zero-order valence-electron chi connectivity index (χ0n) is 16.8. The summed E-state index contributed by atoms with van der Waals surface area (Å²) in [6.45, 7) is 3.57. The molecule has 0 spiro atoms. The Morgan fingerprint density at radius 2 is 1.81 bits per heavy atom. The molecule has 0 bridgehead atoms. The van der Waals surface area contributed by atoms with Gasteiger partial charge in [-0.05, 0) is 29.8 Å². The highest BCUT2D eigenvalue weighted by Crippen LogP contribution is 2.39. The smallest absolute Gasteiger partial charge is 0.295 e. The molecular formula is C23H22BrFN2O4. The number of Topliss-reactive ketones (excluding diaryl/α,β-unsaturated/α-hetero) is 1. The van der Waals surface area contributed by atoms with Crippen LogP contribution >= 0.6 is 15.9 Å². The lowest BCUT2D eigenvalue weighted by Crippen LogP contribution is -2.42. The molecule has 2 saturated heterocycles. The molecule has 0 unspecified atom stereocenters. The summed E-state index contributed by atoms with van der Waals surface area (Å²) in [6.07, 6.45) is 0. The summed E-state index contributed by atoms with van der Waals surface area (Å²) in [7, 11) is 0. The van der Waals surface area contributed by atoms with Crippen molar-refractivity contribution in [3.63, 3.8) is 0 Å². The van der Waals surface area contributed by atoms with E-state index in [9.17, 15) is 19.1 Å². The average Bonchev–Trinajstić information content (AvgIpc) is 3.03. The number of amides is 1. The van der Waals surface area contributed by atoms with Gasteiger partial charge < -0.3 is 14.7 Å². The summed E-state index contributed by atoms with van der Waals surface area (Å²) in [6, 6.07) is 11.7. The molecule has 4 rings (SSSR count). The molecule has 1 amide bonds. The Morgan fingerprint density at radius 3 is 2.48 bits per heavy atom. The van der Waals surface area contributed by atoms with Gasteiger partial charge in [0.2, 0.25) is 0 Å². The summed E-state index contributed by atoms with van der Waals surface area (Å²) >= 11 is 3.34. The molecule has 2 aromatic carbocycles. The molecule has 31 heavy (non-hydrogen) atoms. The molecule has 2 aliphatic heterocycles. The fraction of sp³-hybridized carbons (Fsp3) is 0.304. The number of ketones is 1. The van der Waals surface area contributed by atoms with Crippen molar-refractivity contribution in [3.8, 4) is 0 Å². The van der Waals surface area contributed by atoms with Crippen LogP contribution in [0, 0.1) is 5.82 Å². The van der Waals surface area contributed by atoms with Gasteiger partial charge in [-0.1, -0.05) is 40.2 Å². The third kappa shape index (κ3) is 4.56. The highest BCUT2D eigenvalue weighted by molar-refractivity contribution is 9.10. The Kier molecular flexibility index (Phi) is 6.50. The van der Waals surface area contributed by atoms with E-state index < -0.39 is 23.5 Å². The monoisotopic (exact) mass is 488 g/mol. The zero-order chi connectivity index (χ0) is 22.0. The summed E-state index contributed by atoms with van der Waals surface area (Å²) < 4.78 is 20.2. The van der Waals surface area contributed by atoms with Crippen molar-refractivity contribution in [2.75, 3.05) is 39.4 Å². The number of morpholine rings is 1. The number of rotatable bonds is 5. The van der Waals surface area contributed by atoms with Crippen LogP contribution in [0.2, 0.25) is 0 Å². The predicted octanol–water partition coefficient (Wildman–Crippen LogP) is 3.34. The maximum absolute atomic E-state index is 14.0. The second kappa shape index (κ2) is 9.30. The van der Waals surface area contributed by atoms with Gasteiger partial charge in [0.25, 0.3) is 11.7 Å². The second-order valence-electron chi connectivity index (χ2n) is 7.51. The molecule has 6 nitrogen and oxygen atoms in total. The van der Waals surface area contributed by atoms with E-state index in [-0.39, 0.29) is 17.9 Å². The Morgan fingerprint density at radius 1 is 1.10 bits per heavy atom. The van der Waals surface area contributed by atoms with Crippen molar-refractivity contribution < 1.29 is 23.8 Å². The van der Waals surface area contributed by atoms with Crippen LogP contribution in [-0.4, -0.2) is 66.0 Å². The van der Waals surface area contributed by atoms with Crippen molar-refractivity contribution >= 4 is 33.4 Å². The number of halogens is 2. The number of hydrogen-bond acceptors (Lipinski definition) is 5. The predicted molar refractivity (Wildman–Crippen MR) is 117 cm³/mol. The van der Waals surface area contributed by atoms with Crippen LogP contribution in [0.1, 0.15) is 17.2 Å². The normalized spacial score (nSPS) is 21.6. The first-order chi connectivity index (χ1) is 15.0. The summed E-state index contributed by atoms with van der Waals surface area (Å²) in [5.41, 5.74) is 0.829. The number of carbonyl (C=O) groups excluding carboxylic acids is 2. The number of carbonyl (C=O) groups is 2. The van der Waals surface area contributed by atoms with Crippen LogP contribution in [0.25, 0.3) is 5.76 Å². The molecule has 162 valence electrons. The zero-order valence-corrected chi connectivity index (χ0v) is 18.3. The number of benzene rings is 2. The molecule has 1 N–H and O–H groups in total. The first-order valence-corrected chi connectivity index (χ1v) is 10.8. The Hall–Kier alpha value is -2.55. The SMILES string of the molecule is O=C1C(=O)N(CCN2CCOCC2)[C@@H](c2cccc(F)c2)C1=C(O)c1ccc(Br)cc1. The standard InChI is InChI=1S/C23H22BrFN2O4/c24-17-6-4-15(5-7-17)21(28)19-20(16-2-1-3-18(25)14-16)27(23(30)22(19)29)9-8-26-10-12-31-13-11-26/h1-7,14,20,28H,8-13H2/t20-/m0/s1. The molecule has 1 atom stereocenters. The minimum atomic E-state index is -0.861. The van der Waals surface area contributed by atoms with E-state index in [1.165, 1.54) is 23.1 Å². The van der Waals surface area contributed by atoms with Gasteiger partial charge in [0, 0.05) is 36.2 Å². The van der Waals surface area contributed by atoms with E-state index >= 15 is 0 Å². The van der Waals surface area contributed by atoms with Gasteiger partial charge >= 0.3 is 0 Å². The van der Waals surface area contributed by atoms with Crippen molar-refractivity contribution in [1.82, 2.24) is 9.80 Å². The van der Waals surface area contributed by atoms with E-state index in [0.717, 1.165) is 17.6 Å². The molecule has 0 radical (unpaired) electrons. The minimum Gasteiger partial charge on any atom is -0.507 e. The van der Waals surface area contributed by atoms with Crippen molar-refractivity contribution in [2.24, 2.45) is 0 Å². The van der Waals surface area contributed by atoms with Gasteiger partial charge in [-0.2, -0.15) is 0 Å². The van der Waals surface area contributed by atoms with E-state index in [1.54, 1.807) is 30.3 Å². The Bertz CT molecular complexity index is 1020. The van der Waals surface area contributed by atoms with Crippen molar-refractivity contribution in [3.05, 3.63) is 75.5 Å². The van der Waals surface area contributed by atoms with Crippen LogP contribution in [0.4, 0.5) is 4.39 Å². The number of aliphatic hydroxyl groups excluding tert-OH is 1. The van der Waals surface area contributed by atoms with Crippen LogP contribution in [0.3, 0.4) is 0 Å². The number of aliphatic hydroxyl groups is 1. The fourth-order valence-electron chi connectivity index (χ4n) is 3.97. The van der Waals surface area contributed by atoms with Crippen LogP contribution < -0.4 is 0 Å². The van der Waals surface area contributed by atoms with Gasteiger partial charge in [0.1, 0.15) is 11.6 Å². The lowest BCUT2D eigenvalue weighted by atomic mass is 9.95. The molecule has 2 heterocycles. The molecule has 2 aromatic rings. The minimum absolute atomic E-state index is 0.0279. The maximum Gasteiger partial charge on any atom is 0.295 e. The maximum atomic E-state index is 14.0. The number of nitrogens with zero attached hydrogens (tertiary/aromatic N) is 2. The molecule has 0 aromatic heterocycles. The lowest BCUT2D eigenvalue weighted by molar-refractivity contribution is -0.140. The molecule has 8 heteroatoms. The van der Waals surface area contributed by atoms with Gasteiger partial charge in [-0.25, -0.2) is 4.39 Å². The summed E-state index contributed by atoms with van der Waals surface area (Å²) in [5.74, 6) is -2.20. The molecular weight excluding hydrogens is 467 g/mol. The lowest BCUT2D eigenvalue weighted by Gasteiger charge is -2.31. The molecule has 2 fully saturated rings. The fourth-order valence-corrected chi connectivity index (χ4v) is 4.24. The molecule has 2 aliphatic rings. The largest absolute Gasteiger partial charge is 0.507 e. The topological polar surface area (TPSA) is 70.1 Å².